The van der Waals surface area contributed by atoms with E-state index in [1.54, 1.807) is 19.1 Å². The lowest BCUT2D eigenvalue weighted by atomic mass is 9.89. The maximum absolute atomic E-state index is 12.8. The first-order valence-corrected chi connectivity index (χ1v) is 7.59. The van der Waals surface area contributed by atoms with Gasteiger partial charge in [-0.3, -0.25) is 4.79 Å². The molecule has 1 unspecified atom stereocenters. The van der Waals surface area contributed by atoms with Gasteiger partial charge in [-0.1, -0.05) is 36.4 Å². The summed E-state index contributed by atoms with van der Waals surface area (Å²) in [7, 11) is 0. The molecule has 1 aliphatic rings. The first-order valence-electron chi connectivity index (χ1n) is 7.59. The van der Waals surface area contributed by atoms with Crippen molar-refractivity contribution in [2.24, 2.45) is 0 Å². The second-order valence-corrected chi connectivity index (χ2v) is 6.18. The van der Waals surface area contributed by atoms with E-state index in [9.17, 15) is 9.59 Å². The predicted octanol–water partition coefficient (Wildman–Crippen LogP) is 3.41. The van der Waals surface area contributed by atoms with Crippen LogP contribution in [-0.2, 0) is 16.0 Å². The van der Waals surface area contributed by atoms with Crippen molar-refractivity contribution in [1.29, 1.82) is 0 Å². The minimum Gasteiger partial charge on any atom is -0.445 e. The van der Waals surface area contributed by atoms with E-state index in [4.69, 9.17) is 4.74 Å². The van der Waals surface area contributed by atoms with Crippen molar-refractivity contribution in [2.75, 3.05) is 5.32 Å². The van der Waals surface area contributed by atoms with Gasteiger partial charge in [0.05, 0.1) is 5.56 Å². The number of amides is 1. The summed E-state index contributed by atoms with van der Waals surface area (Å²) < 4.78 is 5.46. The summed E-state index contributed by atoms with van der Waals surface area (Å²) in [6, 6.07) is 13.1. The number of hydrogen-bond donors (Lipinski definition) is 1. The average molecular weight is 309 g/mol. The second-order valence-electron chi connectivity index (χ2n) is 6.18. The van der Waals surface area contributed by atoms with Crippen LogP contribution in [0.2, 0.25) is 0 Å². The van der Waals surface area contributed by atoms with Gasteiger partial charge < -0.3 is 10.1 Å². The van der Waals surface area contributed by atoms with E-state index < -0.39 is 11.6 Å². The van der Waals surface area contributed by atoms with Crippen molar-refractivity contribution in [3.05, 3.63) is 64.7 Å². The number of anilines is 1. The Kier molecular flexibility index (Phi) is 3.68. The zero-order chi connectivity index (χ0) is 16.6. The van der Waals surface area contributed by atoms with Gasteiger partial charge >= 0.3 is 5.97 Å². The normalized spacial score (nSPS) is 19.7. The number of hydrogen-bond acceptors (Lipinski definition) is 3. The summed E-state index contributed by atoms with van der Waals surface area (Å²) in [5.41, 5.74) is 2.88. The molecule has 1 N–H and O–H groups in total. The van der Waals surface area contributed by atoms with Gasteiger partial charge in [-0.15, -0.1) is 0 Å². The number of fused-ring (bicyclic) bond motifs is 1. The molecule has 23 heavy (non-hydrogen) atoms. The molecule has 4 heteroatoms. The van der Waals surface area contributed by atoms with Crippen molar-refractivity contribution >= 4 is 17.6 Å². The summed E-state index contributed by atoms with van der Waals surface area (Å²) in [5, 5.41) is 2.92. The first-order chi connectivity index (χ1) is 10.9. The van der Waals surface area contributed by atoms with Crippen LogP contribution in [0.3, 0.4) is 0 Å². The van der Waals surface area contributed by atoms with Gasteiger partial charge in [0.2, 0.25) is 0 Å². The van der Waals surface area contributed by atoms with Crippen LogP contribution in [-0.4, -0.2) is 17.5 Å². The zero-order valence-electron chi connectivity index (χ0n) is 13.5. The summed E-state index contributed by atoms with van der Waals surface area (Å²) in [5.74, 6) is -0.760. The van der Waals surface area contributed by atoms with Gasteiger partial charge in [0.25, 0.3) is 5.91 Å². The van der Waals surface area contributed by atoms with E-state index in [1.165, 1.54) is 0 Å². The fourth-order valence-corrected chi connectivity index (χ4v) is 2.92. The van der Waals surface area contributed by atoms with Crippen molar-refractivity contribution < 1.29 is 14.3 Å². The number of rotatable bonds is 2. The van der Waals surface area contributed by atoms with E-state index in [2.05, 4.69) is 5.32 Å². The third-order valence-corrected chi connectivity index (χ3v) is 4.28. The van der Waals surface area contributed by atoms with Gasteiger partial charge in [-0.25, -0.2) is 4.79 Å². The number of nitrogens with one attached hydrogen (secondary N) is 1. The van der Waals surface area contributed by atoms with Gasteiger partial charge in [0.1, 0.15) is 0 Å². The lowest BCUT2D eigenvalue weighted by molar-refractivity contribution is -0.134. The molecule has 0 spiro atoms. The fraction of sp³-hybridized carbons (Fsp3) is 0.263. The molecule has 1 heterocycles. The number of para-hydroxylation sites is 1. The summed E-state index contributed by atoms with van der Waals surface area (Å²) in [6.45, 7) is 5.53. The molecule has 0 saturated heterocycles. The molecule has 118 valence electrons. The number of carbonyl (C=O) groups excluding carboxylic acids is 2. The molecule has 2 aromatic carbocycles. The summed E-state index contributed by atoms with van der Waals surface area (Å²) in [6.07, 6.45) is 0.367. The van der Waals surface area contributed by atoms with Crippen LogP contribution in [0.5, 0.6) is 0 Å². The van der Waals surface area contributed by atoms with Crippen molar-refractivity contribution in [2.45, 2.75) is 32.8 Å². The molecule has 2 aromatic rings. The minimum atomic E-state index is -1.21. The second kappa shape index (κ2) is 5.54. The highest BCUT2D eigenvalue weighted by Gasteiger charge is 2.42. The third kappa shape index (κ3) is 2.72. The van der Waals surface area contributed by atoms with E-state index in [0.717, 1.165) is 22.4 Å². The lowest BCUT2D eigenvalue weighted by Crippen LogP contribution is -2.49. The van der Waals surface area contributed by atoms with Crippen molar-refractivity contribution in [3.63, 3.8) is 0 Å². The number of ether oxygens (including phenoxy) is 1. The zero-order valence-corrected chi connectivity index (χ0v) is 13.5. The summed E-state index contributed by atoms with van der Waals surface area (Å²) in [4.78, 5) is 25.0. The number of cyclic esters (lactones) is 1. The molecular formula is C19H19NO3. The predicted molar refractivity (Wildman–Crippen MR) is 88.5 cm³/mol. The van der Waals surface area contributed by atoms with Crippen LogP contribution < -0.4 is 5.32 Å². The highest BCUT2D eigenvalue weighted by atomic mass is 16.6. The SMILES string of the molecule is Cc1cccc(C)c1NC(=O)C1(C)Cc2ccccc2C(=O)O1. The van der Waals surface area contributed by atoms with Crippen LogP contribution in [0, 0.1) is 13.8 Å². The third-order valence-electron chi connectivity index (χ3n) is 4.28. The molecule has 1 atom stereocenters. The van der Waals surface area contributed by atoms with Crippen molar-refractivity contribution in [1.82, 2.24) is 0 Å². The first kappa shape index (κ1) is 15.3. The number of esters is 1. The van der Waals surface area contributed by atoms with E-state index >= 15 is 0 Å². The summed E-state index contributed by atoms with van der Waals surface area (Å²) >= 11 is 0. The van der Waals surface area contributed by atoms with Gasteiger partial charge in [0.15, 0.2) is 5.60 Å². The molecule has 0 radical (unpaired) electrons. The maximum Gasteiger partial charge on any atom is 0.339 e. The highest BCUT2D eigenvalue weighted by molar-refractivity contribution is 6.03. The highest BCUT2D eigenvalue weighted by Crippen LogP contribution is 2.30. The Morgan fingerprint density at radius 2 is 1.74 bits per heavy atom. The Labute approximate surface area is 135 Å². The van der Waals surface area contributed by atoms with Crippen LogP contribution in [0.25, 0.3) is 0 Å². The van der Waals surface area contributed by atoms with Crippen molar-refractivity contribution in [3.8, 4) is 0 Å². The monoisotopic (exact) mass is 309 g/mol. The van der Waals surface area contributed by atoms with E-state index in [1.807, 2.05) is 44.2 Å². The Hall–Kier alpha value is -2.62. The number of carbonyl (C=O) groups is 2. The average Bonchev–Trinajstić information content (AvgIpc) is 2.50. The van der Waals surface area contributed by atoms with Gasteiger partial charge in [0, 0.05) is 12.1 Å². The lowest BCUT2D eigenvalue weighted by Gasteiger charge is -2.33. The molecule has 0 saturated carbocycles. The standard InChI is InChI=1S/C19H19NO3/c1-12-7-6-8-13(2)16(12)20-18(22)19(3)11-14-9-4-5-10-15(14)17(21)23-19/h4-10H,11H2,1-3H3,(H,20,22). The van der Waals surface area contributed by atoms with Crippen LogP contribution in [0.1, 0.15) is 34.0 Å². The van der Waals surface area contributed by atoms with Gasteiger partial charge in [-0.2, -0.15) is 0 Å². The molecule has 0 fully saturated rings. The largest absolute Gasteiger partial charge is 0.445 e. The Morgan fingerprint density at radius 3 is 2.43 bits per heavy atom. The molecular weight excluding hydrogens is 290 g/mol. The van der Waals surface area contributed by atoms with Gasteiger partial charge in [-0.05, 0) is 43.5 Å². The van der Waals surface area contributed by atoms with E-state index in [-0.39, 0.29) is 5.91 Å². The Morgan fingerprint density at radius 1 is 1.09 bits per heavy atom. The molecule has 0 bridgehead atoms. The molecule has 4 nitrogen and oxygen atoms in total. The molecule has 3 rings (SSSR count). The molecule has 1 amide bonds. The van der Waals surface area contributed by atoms with Crippen LogP contribution in [0.15, 0.2) is 42.5 Å². The van der Waals surface area contributed by atoms with Crippen LogP contribution in [0.4, 0.5) is 5.69 Å². The molecule has 1 aliphatic heterocycles. The van der Waals surface area contributed by atoms with E-state index in [0.29, 0.717) is 12.0 Å². The maximum atomic E-state index is 12.8. The molecule has 0 aromatic heterocycles. The smallest absolute Gasteiger partial charge is 0.339 e. The number of benzene rings is 2. The number of aryl methyl sites for hydroxylation is 2. The molecule has 0 aliphatic carbocycles. The Bertz CT molecular complexity index is 777. The minimum absolute atomic E-state index is 0.308. The fourth-order valence-electron chi connectivity index (χ4n) is 2.92. The quantitative estimate of drug-likeness (QED) is 0.865. The van der Waals surface area contributed by atoms with Crippen LogP contribution >= 0.6 is 0 Å². The topological polar surface area (TPSA) is 55.4 Å². The Balaban J connectivity index is 1.90.